The first-order valence-electron chi connectivity index (χ1n) is 5.86. The number of methoxy groups -OCH3 is 1. The second kappa shape index (κ2) is 6.60. The lowest BCUT2D eigenvalue weighted by Gasteiger charge is -2.05. The molecule has 2 aromatic rings. The molecule has 100 valence electrons. The summed E-state index contributed by atoms with van der Waals surface area (Å²) in [7, 11) is 1.61. The van der Waals surface area contributed by atoms with E-state index in [0.29, 0.717) is 10.6 Å². The zero-order valence-corrected chi connectivity index (χ0v) is 13.1. The van der Waals surface area contributed by atoms with Crippen LogP contribution >= 0.6 is 27.5 Å². The fraction of sp³-hybridized carbons (Fsp3) is 0.0625. The van der Waals surface area contributed by atoms with Crippen molar-refractivity contribution in [1.29, 1.82) is 5.26 Å². The molecule has 0 bridgehead atoms. The van der Waals surface area contributed by atoms with E-state index in [1.807, 2.05) is 36.4 Å². The maximum absolute atomic E-state index is 9.32. The summed E-state index contributed by atoms with van der Waals surface area (Å²) >= 11 is 9.55. The van der Waals surface area contributed by atoms with Crippen molar-refractivity contribution in [2.45, 2.75) is 0 Å². The van der Waals surface area contributed by atoms with E-state index < -0.39 is 0 Å². The van der Waals surface area contributed by atoms with Crippen LogP contribution in [0.15, 0.2) is 46.9 Å². The molecule has 0 spiro atoms. The molecule has 0 aliphatic carbocycles. The average molecular weight is 349 g/mol. The van der Waals surface area contributed by atoms with Gasteiger partial charge in [-0.15, -0.1) is 0 Å². The lowest BCUT2D eigenvalue weighted by molar-refractivity contribution is 0.412. The van der Waals surface area contributed by atoms with Crippen LogP contribution in [0.4, 0.5) is 0 Å². The number of hydrogen-bond donors (Lipinski definition) is 0. The number of halogens is 2. The van der Waals surface area contributed by atoms with Crippen molar-refractivity contribution in [3.05, 3.63) is 63.1 Å². The first-order valence-corrected chi connectivity index (χ1v) is 7.03. The highest BCUT2D eigenvalue weighted by Crippen LogP contribution is 2.29. The highest BCUT2D eigenvalue weighted by atomic mass is 79.9. The van der Waals surface area contributed by atoms with Gasteiger partial charge in [0.25, 0.3) is 0 Å². The zero-order chi connectivity index (χ0) is 14.5. The number of rotatable bonds is 3. The van der Waals surface area contributed by atoms with Crippen LogP contribution < -0.4 is 4.74 Å². The maximum Gasteiger partial charge on any atom is 0.133 e. The van der Waals surface area contributed by atoms with Gasteiger partial charge in [0.15, 0.2) is 0 Å². The van der Waals surface area contributed by atoms with Gasteiger partial charge in [-0.05, 0) is 45.8 Å². The Labute approximate surface area is 131 Å². The molecule has 0 heterocycles. The topological polar surface area (TPSA) is 33.0 Å². The normalized spacial score (nSPS) is 11.0. The van der Waals surface area contributed by atoms with Crippen molar-refractivity contribution >= 4 is 39.2 Å². The third-order valence-corrected chi connectivity index (χ3v) is 3.72. The number of hydrogen-bond acceptors (Lipinski definition) is 2. The van der Waals surface area contributed by atoms with Crippen molar-refractivity contribution in [3.63, 3.8) is 0 Å². The predicted octanol–water partition coefficient (Wildman–Crippen LogP) is 5.18. The van der Waals surface area contributed by atoms with Gasteiger partial charge in [-0.3, -0.25) is 0 Å². The molecule has 0 atom stereocenters. The number of nitriles is 1. The van der Waals surface area contributed by atoms with Crippen LogP contribution in [-0.2, 0) is 0 Å². The third kappa shape index (κ3) is 3.22. The molecule has 2 aromatic carbocycles. The smallest absolute Gasteiger partial charge is 0.133 e. The number of allylic oxidation sites excluding steroid dienone is 1. The Balaban J connectivity index is 2.45. The molecular weight excluding hydrogens is 338 g/mol. The second-order valence-corrected chi connectivity index (χ2v) is 5.31. The Bertz CT molecular complexity index is 704. The van der Waals surface area contributed by atoms with Crippen LogP contribution in [0.2, 0.25) is 5.02 Å². The van der Waals surface area contributed by atoms with E-state index in [0.717, 1.165) is 21.3 Å². The molecule has 0 aliphatic rings. The summed E-state index contributed by atoms with van der Waals surface area (Å²) in [5.41, 5.74) is 2.14. The van der Waals surface area contributed by atoms with Gasteiger partial charge in [-0.2, -0.15) is 5.26 Å². The molecular formula is C16H11BrClNO. The van der Waals surface area contributed by atoms with Gasteiger partial charge in [0.1, 0.15) is 5.75 Å². The van der Waals surface area contributed by atoms with Crippen LogP contribution in [0, 0.1) is 11.3 Å². The Morgan fingerprint density at radius 2 is 2.05 bits per heavy atom. The Morgan fingerprint density at radius 3 is 2.65 bits per heavy atom. The van der Waals surface area contributed by atoms with Crippen molar-refractivity contribution in [2.24, 2.45) is 0 Å². The molecule has 4 heteroatoms. The van der Waals surface area contributed by atoms with Crippen LogP contribution in [0.25, 0.3) is 11.6 Å². The minimum absolute atomic E-state index is 0.521. The molecule has 2 rings (SSSR count). The standard InChI is InChI=1S/C16H11BrClNO/c1-20-16-7-6-11(9-14(16)17)8-12(10-19)13-4-2-3-5-15(13)18/h2-9H,1H3. The van der Waals surface area contributed by atoms with Gasteiger partial charge < -0.3 is 4.74 Å². The summed E-state index contributed by atoms with van der Waals surface area (Å²) in [4.78, 5) is 0. The first kappa shape index (κ1) is 14.6. The van der Waals surface area contributed by atoms with Crippen LogP contribution in [0.3, 0.4) is 0 Å². The molecule has 0 saturated carbocycles. The maximum atomic E-state index is 9.32. The van der Waals surface area contributed by atoms with E-state index in [1.165, 1.54) is 0 Å². The highest BCUT2D eigenvalue weighted by molar-refractivity contribution is 9.10. The van der Waals surface area contributed by atoms with Gasteiger partial charge in [-0.25, -0.2) is 0 Å². The minimum Gasteiger partial charge on any atom is -0.496 e. The third-order valence-electron chi connectivity index (χ3n) is 2.77. The summed E-state index contributed by atoms with van der Waals surface area (Å²) in [5, 5.41) is 9.88. The van der Waals surface area contributed by atoms with E-state index in [4.69, 9.17) is 16.3 Å². The average Bonchev–Trinajstić information content (AvgIpc) is 2.46. The van der Waals surface area contributed by atoms with E-state index >= 15 is 0 Å². The van der Waals surface area contributed by atoms with Gasteiger partial charge in [0.05, 0.1) is 23.2 Å². The first-order chi connectivity index (χ1) is 9.65. The highest BCUT2D eigenvalue weighted by Gasteiger charge is 2.06. The lowest BCUT2D eigenvalue weighted by atomic mass is 10.0. The van der Waals surface area contributed by atoms with Crippen molar-refractivity contribution < 1.29 is 4.74 Å². The summed E-state index contributed by atoms with van der Waals surface area (Å²) in [6.45, 7) is 0. The zero-order valence-electron chi connectivity index (χ0n) is 10.7. The Morgan fingerprint density at radius 1 is 1.30 bits per heavy atom. The van der Waals surface area contributed by atoms with Gasteiger partial charge >= 0.3 is 0 Å². The summed E-state index contributed by atoms with van der Waals surface area (Å²) in [6, 6.07) is 15.1. The Kier molecular flexibility index (Phi) is 4.84. The number of ether oxygens (including phenoxy) is 1. The molecule has 0 unspecified atom stereocenters. The van der Waals surface area contributed by atoms with E-state index in [2.05, 4.69) is 22.0 Å². The molecule has 0 amide bonds. The van der Waals surface area contributed by atoms with Crippen LogP contribution in [0.5, 0.6) is 5.75 Å². The fourth-order valence-corrected chi connectivity index (χ4v) is 2.58. The van der Waals surface area contributed by atoms with E-state index in [-0.39, 0.29) is 0 Å². The van der Waals surface area contributed by atoms with Gasteiger partial charge in [0.2, 0.25) is 0 Å². The molecule has 0 saturated heterocycles. The van der Waals surface area contributed by atoms with Gasteiger partial charge in [-0.1, -0.05) is 35.9 Å². The quantitative estimate of drug-likeness (QED) is 0.566. The lowest BCUT2D eigenvalue weighted by Crippen LogP contribution is -1.86. The van der Waals surface area contributed by atoms with Crippen molar-refractivity contribution in [1.82, 2.24) is 0 Å². The SMILES string of the molecule is COc1ccc(C=C(C#N)c2ccccc2Cl)cc1Br. The molecule has 0 aliphatic heterocycles. The summed E-state index contributed by atoms with van der Waals surface area (Å²) in [6.07, 6.45) is 1.80. The minimum atomic E-state index is 0.521. The van der Waals surface area contributed by atoms with Crippen LogP contribution in [0.1, 0.15) is 11.1 Å². The molecule has 0 radical (unpaired) electrons. The van der Waals surface area contributed by atoms with E-state index in [9.17, 15) is 5.26 Å². The molecule has 20 heavy (non-hydrogen) atoms. The predicted molar refractivity (Wildman–Crippen MR) is 85.6 cm³/mol. The summed E-state index contributed by atoms with van der Waals surface area (Å²) in [5.74, 6) is 0.749. The van der Waals surface area contributed by atoms with Gasteiger partial charge in [0, 0.05) is 10.6 Å². The molecule has 0 N–H and O–H groups in total. The largest absolute Gasteiger partial charge is 0.496 e. The number of nitrogens with zero attached hydrogens (tertiary/aromatic N) is 1. The number of benzene rings is 2. The van der Waals surface area contributed by atoms with Crippen LogP contribution in [-0.4, -0.2) is 7.11 Å². The second-order valence-electron chi connectivity index (χ2n) is 4.04. The Hall–Kier alpha value is -1.76. The van der Waals surface area contributed by atoms with Crippen molar-refractivity contribution in [2.75, 3.05) is 7.11 Å². The monoisotopic (exact) mass is 347 g/mol. The molecule has 0 fully saturated rings. The summed E-state index contributed by atoms with van der Waals surface area (Å²) < 4.78 is 6.02. The molecule has 2 nitrogen and oxygen atoms in total. The van der Waals surface area contributed by atoms with E-state index in [1.54, 1.807) is 19.3 Å². The molecule has 0 aromatic heterocycles. The fourth-order valence-electron chi connectivity index (χ4n) is 1.79. The van der Waals surface area contributed by atoms with Crippen molar-refractivity contribution in [3.8, 4) is 11.8 Å².